The molecule has 0 aromatic heterocycles. The van der Waals surface area contributed by atoms with E-state index in [1.165, 1.54) is 24.3 Å². The molecule has 0 unspecified atom stereocenters. The predicted octanol–water partition coefficient (Wildman–Crippen LogP) is 0.719. The van der Waals surface area contributed by atoms with Crippen molar-refractivity contribution in [3.8, 4) is 0 Å². The van der Waals surface area contributed by atoms with Crippen molar-refractivity contribution >= 4 is 17.9 Å². The molecule has 0 heterocycles. The fraction of sp³-hybridized carbons (Fsp3) is 0.357. The highest BCUT2D eigenvalue weighted by atomic mass is 19.1. The van der Waals surface area contributed by atoms with Gasteiger partial charge in [0, 0.05) is 25.2 Å². The topological polar surface area (TPSA) is 108 Å². The molecule has 0 bridgehead atoms. The highest BCUT2D eigenvalue weighted by Crippen LogP contribution is 2.02. The van der Waals surface area contributed by atoms with Gasteiger partial charge in [0.05, 0.1) is 6.42 Å². The second kappa shape index (κ2) is 9.32. The number of rotatable bonds is 8. The van der Waals surface area contributed by atoms with Crippen molar-refractivity contribution in [1.29, 1.82) is 0 Å². The van der Waals surface area contributed by atoms with Crippen molar-refractivity contribution in [2.24, 2.45) is 0 Å². The first kappa shape index (κ1) is 17.4. The number of carboxylic acid groups (broad SMARTS) is 1. The normalized spacial score (nSPS) is 9.86. The molecule has 1 aromatic carbocycles. The molecule has 0 spiro atoms. The first-order chi connectivity index (χ1) is 10.5. The van der Waals surface area contributed by atoms with Crippen LogP contribution in [0.5, 0.6) is 0 Å². The summed E-state index contributed by atoms with van der Waals surface area (Å²) < 4.78 is 12.7. The molecule has 7 nitrogen and oxygen atoms in total. The van der Waals surface area contributed by atoms with Crippen molar-refractivity contribution in [2.45, 2.75) is 12.8 Å². The Kier molecular flexibility index (Phi) is 7.38. The van der Waals surface area contributed by atoms with E-state index >= 15 is 0 Å². The van der Waals surface area contributed by atoms with E-state index in [-0.39, 0.29) is 18.9 Å². The van der Waals surface area contributed by atoms with Crippen LogP contribution in [0.3, 0.4) is 0 Å². The summed E-state index contributed by atoms with van der Waals surface area (Å²) in [6.07, 6.45) is 0.375. The fourth-order valence-corrected chi connectivity index (χ4v) is 1.54. The number of carbonyl (C=O) groups is 3. The monoisotopic (exact) mass is 311 g/mol. The quantitative estimate of drug-likeness (QED) is 0.531. The Hall–Kier alpha value is -2.64. The number of carbonyl (C=O) groups excluding carboxylic acids is 2. The first-order valence-electron chi connectivity index (χ1n) is 6.76. The number of nitrogens with one attached hydrogen (secondary N) is 3. The van der Waals surface area contributed by atoms with Crippen LogP contribution in [-0.4, -0.2) is 42.6 Å². The van der Waals surface area contributed by atoms with Gasteiger partial charge in [-0.1, -0.05) is 0 Å². The largest absolute Gasteiger partial charge is 0.481 e. The van der Waals surface area contributed by atoms with Crippen LogP contribution in [0.25, 0.3) is 0 Å². The molecule has 0 saturated carbocycles. The van der Waals surface area contributed by atoms with Crippen molar-refractivity contribution < 1.29 is 23.9 Å². The maximum absolute atomic E-state index is 12.7. The third kappa shape index (κ3) is 7.22. The van der Waals surface area contributed by atoms with Crippen LogP contribution in [0.15, 0.2) is 24.3 Å². The summed E-state index contributed by atoms with van der Waals surface area (Å²) in [5, 5.41) is 16.0. The molecule has 0 radical (unpaired) electrons. The van der Waals surface area contributed by atoms with Gasteiger partial charge in [0.15, 0.2) is 0 Å². The van der Waals surface area contributed by atoms with Gasteiger partial charge in [0.1, 0.15) is 5.82 Å². The average molecular weight is 311 g/mol. The lowest BCUT2D eigenvalue weighted by atomic mass is 10.2. The Bertz CT molecular complexity index is 519. The third-order valence-corrected chi connectivity index (χ3v) is 2.66. The standard InChI is InChI=1S/C14H18FN3O4/c15-11-4-2-10(3-5-11)13(21)16-7-1-8-17-14(22)18-9-6-12(19)20/h2-5H,1,6-9H2,(H,16,21)(H,19,20)(H2,17,18,22). The third-order valence-electron chi connectivity index (χ3n) is 2.66. The van der Waals surface area contributed by atoms with Gasteiger partial charge < -0.3 is 21.1 Å². The van der Waals surface area contributed by atoms with Gasteiger partial charge in [0.25, 0.3) is 5.91 Å². The van der Waals surface area contributed by atoms with E-state index in [4.69, 9.17) is 5.11 Å². The van der Waals surface area contributed by atoms with Crippen molar-refractivity contribution in [3.05, 3.63) is 35.6 Å². The second-order valence-electron chi connectivity index (χ2n) is 4.44. The Morgan fingerprint density at radius 1 is 0.955 bits per heavy atom. The minimum Gasteiger partial charge on any atom is -0.481 e. The van der Waals surface area contributed by atoms with Gasteiger partial charge in [-0.15, -0.1) is 0 Å². The van der Waals surface area contributed by atoms with Crippen molar-refractivity contribution in [3.63, 3.8) is 0 Å². The minimum absolute atomic E-state index is 0.0580. The van der Waals surface area contributed by atoms with Gasteiger partial charge in [-0.05, 0) is 30.7 Å². The van der Waals surface area contributed by atoms with E-state index in [9.17, 15) is 18.8 Å². The molecule has 0 saturated heterocycles. The number of aliphatic carboxylic acids is 1. The van der Waals surface area contributed by atoms with E-state index in [2.05, 4.69) is 16.0 Å². The highest BCUT2D eigenvalue weighted by Gasteiger charge is 2.05. The van der Waals surface area contributed by atoms with Gasteiger partial charge in [-0.25, -0.2) is 9.18 Å². The summed E-state index contributed by atoms with van der Waals surface area (Å²) in [6, 6.07) is 4.74. The molecule has 1 aromatic rings. The van der Waals surface area contributed by atoms with E-state index in [1.807, 2.05) is 0 Å². The minimum atomic E-state index is -0.983. The van der Waals surface area contributed by atoms with Gasteiger partial charge in [-0.2, -0.15) is 0 Å². The summed E-state index contributed by atoms with van der Waals surface area (Å²) in [5.74, 6) is -1.70. The van der Waals surface area contributed by atoms with Crippen LogP contribution in [0.1, 0.15) is 23.2 Å². The molecule has 0 atom stereocenters. The molecule has 0 aliphatic heterocycles. The molecule has 0 aliphatic rings. The van der Waals surface area contributed by atoms with Crippen LogP contribution in [0.4, 0.5) is 9.18 Å². The molecular weight excluding hydrogens is 293 g/mol. The highest BCUT2D eigenvalue weighted by molar-refractivity contribution is 5.94. The lowest BCUT2D eigenvalue weighted by Crippen LogP contribution is -2.38. The number of amides is 3. The average Bonchev–Trinajstić information content (AvgIpc) is 2.47. The summed E-state index contributed by atoms with van der Waals surface area (Å²) in [6.45, 7) is 0.747. The Labute approximate surface area is 126 Å². The Balaban J connectivity index is 2.10. The number of halogens is 1. The van der Waals surface area contributed by atoms with E-state index in [1.54, 1.807) is 0 Å². The van der Waals surface area contributed by atoms with Gasteiger partial charge >= 0.3 is 12.0 Å². The lowest BCUT2D eigenvalue weighted by Gasteiger charge is -2.07. The summed E-state index contributed by atoms with van der Waals surface area (Å²) in [5.41, 5.74) is 0.362. The zero-order chi connectivity index (χ0) is 16.4. The number of hydrogen-bond donors (Lipinski definition) is 4. The molecule has 22 heavy (non-hydrogen) atoms. The molecule has 120 valence electrons. The molecule has 3 amide bonds. The summed E-state index contributed by atoms with van der Waals surface area (Å²) in [7, 11) is 0. The maximum atomic E-state index is 12.7. The molecule has 1 rings (SSSR count). The Morgan fingerprint density at radius 2 is 1.55 bits per heavy atom. The molecular formula is C14H18FN3O4. The zero-order valence-electron chi connectivity index (χ0n) is 11.9. The number of carboxylic acids is 1. The maximum Gasteiger partial charge on any atom is 0.314 e. The fourth-order valence-electron chi connectivity index (χ4n) is 1.54. The Morgan fingerprint density at radius 3 is 2.18 bits per heavy atom. The first-order valence-corrected chi connectivity index (χ1v) is 6.76. The molecule has 4 N–H and O–H groups in total. The predicted molar refractivity (Wildman–Crippen MR) is 77.0 cm³/mol. The van der Waals surface area contributed by atoms with E-state index in [0.29, 0.717) is 25.1 Å². The number of urea groups is 1. The smallest absolute Gasteiger partial charge is 0.314 e. The van der Waals surface area contributed by atoms with Crippen LogP contribution in [0, 0.1) is 5.82 Å². The summed E-state index contributed by atoms with van der Waals surface area (Å²) in [4.78, 5) is 33.2. The summed E-state index contributed by atoms with van der Waals surface area (Å²) >= 11 is 0. The lowest BCUT2D eigenvalue weighted by molar-refractivity contribution is -0.136. The van der Waals surface area contributed by atoms with Gasteiger partial charge in [-0.3, -0.25) is 9.59 Å². The zero-order valence-corrected chi connectivity index (χ0v) is 11.9. The molecule has 8 heteroatoms. The molecule has 0 fully saturated rings. The van der Waals surface area contributed by atoms with Crippen LogP contribution < -0.4 is 16.0 Å². The van der Waals surface area contributed by atoms with Crippen LogP contribution in [0.2, 0.25) is 0 Å². The SMILES string of the molecule is O=C(O)CCNC(=O)NCCCNC(=O)c1ccc(F)cc1. The number of hydrogen-bond acceptors (Lipinski definition) is 3. The van der Waals surface area contributed by atoms with Crippen molar-refractivity contribution in [2.75, 3.05) is 19.6 Å². The number of benzene rings is 1. The van der Waals surface area contributed by atoms with Crippen LogP contribution in [-0.2, 0) is 4.79 Å². The van der Waals surface area contributed by atoms with Crippen LogP contribution >= 0.6 is 0 Å². The van der Waals surface area contributed by atoms with E-state index in [0.717, 1.165) is 0 Å². The van der Waals surface area contributed by atoms with Gasteiger partial charge in [0.2, 0.25) is 0 Å². The van der Waals surface area contributed by atoms with E-state index < -0.39 is 17.8 Å². The molecule has 0 aliphatic carbocycles. The second-order valence-corrected chi connectivity index (χ2v) is 4.44. The van der Waals surface area contributed by atoms with Crippen molar-refractivity contribution in [1.82, 2.24) is 16.0 Å².